The van der Waals surface area contributed by atoms with E-state index in [9.17, 15) is 0 Å². The Hall–Kier alpha value is -2.61. The third-order valence-corrected chi connectivity index (χ3v) is 2.10. The Bertz CT molecular complexity index is 580. The summed E-state index contributed by atoms with van der Waals surface area (Å²) in [6.45, 7) is 0.442. The number of rotatable bonds is 3. The zero-order valence-electron chi connectivity index (χ0n) is 10.7. The van der Waals surface area contributed by atoms with E-state index in [0.717, 1.165) is 11.3 Å². The Balaban J connectivity index is 0.000000345. The van der Waals surface area contributed by atoms with E-state index in [-0.39, 0.29) is 12.4 Å². The molecule has 0 saturated heterocycles. The van der Waals surface area contributed by atoms with Crippen molar-refractivity contribution >= 4 is 18.4 Å². The first kappa shape index (κ1) is 17.4. The molecule has 1 aromatic carbocycles. The smallest absolute Gasteiger partial charge is 0.197 e. The van der Waals surface area contributed by atoms with Gasteiger partial charge in [0.2, 0.25) is 0 Å². The molecule has 0 saturated carbocycles. The molecule has 7 heteroatoms. The lowest BCUT2D eigenvalue weighted by molar-refractivity contribution is 1.05. The predicted molar refractivity (Wildman–Crippen MR) is 82.1 cm³/mol. The van der Waals surface area contributed by atoms with Crippen molar-refractivity contribution < 1.29 is 0 Å². The van der Waals surface area contributed by atoms with Gasteiger partial charge in [-0.2, -0.15) is 0 Å². The summed E-state index contributed by atoms with van der Waals surface area (Å²) in [7, 11) is 0. The van der Waals surface area contributed by atoms with Gasteiger partial charge in [-0.15, -0.1) is 24.8 Å². The van der Waals surface area contributed by atoms with Crippen molar-refractivity contribution in [3.63, 3.8) is 0 Å². The number of azide groups is 1. The third-order valence-electron chi connectivity index (χ3n) is 2.10. The number of nitrogens with zero attached hydrogens (tertiary/aromatic N) is 4. The highest BCUT2D eigenvalue weighted by atomic mass is 35.5. The molecule has 0 radical (unpaired) electrons. The second kappa shape index (κ2) is 10.3. The van der Waals surface area contributed by atoms with Crippen LogP contribution in [0.1, 0.15) is 11.3 Å². The molecule has 2 aromatic rings. The average molecular weight is 291 g/mol. The first-order valence-corrected chi connectivity index (χ1v) is 5.54. The monoisotopic (exact) mass is 290 g/mol. The fourth-order valence-corrected chi connectivity index (χ4v) is 1.27. The molecule has 0 atom stereocenters. The second-order valence-corrected chi connectivity index (χ2v) is 3.55. The van der Waals surface area contributed by atoms with Crippen molar-refractivity contribution in [3.05, 3.63) is 58.2 Å². The molecule has 0 aliphatic carbocycles. The zero-order chi connectivity index (χ0) is 13.9. The van der Waals surface area contributed by atoms with E-state index in [1.165, 1.54) is 0 Å². The van der Waals surface area contributed by atoms with Crippen LogP contribution in [0.2, 0.25) is 0 Å². The van der Waals surface area contributed by atoms with Gasteiger partial charge in [0.25, 0.3) is 0 Å². The molecule has 104 valence electrons. The van der Waals surface area contributed by atoms with Gasteiger partial charge in [0, 0.05) is 10.6 Å². The number of anilines is 1. The summed E-state index contributed by atoms with van der Waals surface area (Å²) >= 11 is 0. The summed E-state index contributed by atoms with van der Waals surface area (Å²) in [5.74, 6) is 2.89. The van der Waals surface area contributed by atoms with E-state index in [1.54, 1.807) is 6.20 Å². The van der Waals surface area contributed by atoms with Gasteiger partial charge in [-0.3, -0.25) is 0 Å². The standard InChI is InChI=1S/C7H7N3.C6H7N3.ClH/c8-10-9-6-7-4-2-1-3-5-7;1-2-3-5-4-8-6(7)9-5;/h1-5H,6H2;1,4H,3H2,(H3,7,8,9);1H. The molecule has 1 aromatic heterocycles. The number of halogens is 1. The van der Waals surface area contributed by atoms with Crippen LogP contribution >= 0.6 is 12.4 Å². The van der Waals surface area contributed by atoms with E-state index >= 15 is 0 Å². The lowest BCUT2D eigenvalue weighted by Gasteiger charge is -1.90. The Morgan fingerprint density at radius 3 is 2.60 bits per heavy atom. The van der Waals surface area contributed by atoms with Crippen molar-refractivity contribution in [2.75, 3.05) is 5.73 Å². The molecule has 0 aliphatic rings. The van der Waals surface area contributed by atoms with E-state index in [2.05, 4.69) is 25.9 Å². The largest absolute Gasteiger partial charge is 0.369 e. The van der Waals surface area contributed by atoms with Crippen LogP contribution < -0.4 is 5.73 Å². The Labute approximate surface area is 123 Å². The van der Waals surface area contributed by atoms with Gasteiger partial charge >= 0.3 is 0 Å². The molecule has 0 fully saturated rings. The SMILES string of the molecule is C#CCc1cnc(N)[nH]1.Cl.[N-]=[N+]=NCc1ccccc1. The molecule has 0 unspecified atom stereocenters. The molecule has 0 spiro atoms. The maximum atomic E-state index is 7.99. The van der Waals surface area contributed by atoms with E-state index in [1.807, 2.05) is 30.3 Å². The quantitative estimate of drug-likeness (QED) is 0.392. The van der Waals surface area contributed by atoms with Gasteiger partial charge in [-0.1, -0.05) is 35.4 Å². The Morgan fingerprint density at radius 2 is 2.10 bits per heavy atom. The van der Waals surface area contributed by atoms with Crippen molar-refractivity contribution in [2.24, 2.45) is 5.11 Å². The maximum absolute atomic E-state index is 7.99. The van der Waals surface area contributed by atoms with Gasteiger partial charge < -0.3 is 10.7 Å². The summed E-state index contributed by atoms with van der Waals surface area (Å²) < 4.78 is 0. The minimum absolute atomic E-state index is 0. The van der Waals surface area contributed by atoms with Gasteiger partial charge in [0.15, 0.2) is 5.95 Å². The molecular weight excluding hydrogens is 276 g/mol. The number of terminal acetylenes is 1. The summed E-state index contributed by atoms with van der Waals surface area (Å²) in [6.07, 6.45) is 7.23. The molecule has 0 aliphatic heterocycles. The lowest BCUT2D eigenvalue weighted by Crippen LogP contribution is -1.86. The van der Waals surface area contributed by atoms with Crippen molar-refractivity contribution in [1.29, 1.82) is 0 Å². The van der Waals surface area contributed by atoms with E-state index < -0.39 is 0 Å². The Morgan fingerprint density at radius 1 is 1.40 bits per heavy atom. The third kappa shape index (κ3) is 6.97. The molecule has 2 rings (SSSR count). The highest BCUT2D eigenvalue weighted by Gasteiger charge is 1.91. The number of benzene rings is 1. The normalized spacial score (nSPS) is 8.15. The fourth-order valence-electron chi connectivity index (χ4n) is 1.27. The molecule has 0 bridgehead atoms. The number of nitrogen functional groups attached to an aromatic ring is 1. The summed E-state index contributed by atoms with van der Waals surface area (Å²) in [6, 6.07) is 9.62. The van der Waals surface area contributed by atoms with Crippen LogP contribution in [0.15, 0.2) is 41.6 Å². The summed E-state index contributed by atoms with van der Waals surface area (Å²) in [5.41, 5.74) is 15.2. The molecule has 1 heterocycles. The Kier molecular flexibility index (Phi) is 8.98. The van der Waals surface area contributed by atoms with E-state index in [0.29, 0.717) is 18.9 Å². The molecule has 3 N–H and O–H groups in total. The van der Waals surface area contributed by atoms with Gasteiger partial charge in [-0.25, -0.2) is 4.98 Å². The van der Waals surface area contributed by atoms with Crippen LogP contribution in [-0.2, 0) is 13.0 Å². The van der Waals surface area contributed by atoms with Crippen LogP contribution in [0.4, 0.5) is 5.95 Å². The first-order valence-electron chi connectivity index (χ1n) is 5.54. The number of imidazole rings is 1. The lowest BCUT2D eigenvalue weighted by atomic mass is 10.2. The van der Waals surface area contributed by atoms with Crippen LogP contribution in [0.5, 0.6) is 0 Å². The van der Waals surface area contributed by atoms with Gasteiger partial charge in [0.05, 0.1) is 19.2 Å². The molecule has 6 nitrogen and oxygen atoms in total. The van der Waals surface area contributed by atoms with Gasteiger partial charge in [-0.05, 0) is 11.1 Å². The molecular formula is C13H15ClN6. The van der Waals surface area contributed by atoms with Crippen LogP contribution in [0, 0.1) is 12.3 Å². The van der Waals surface area contributed by atoms with Crippen LogP contribution in [0.25, 0.3) is 10.4 Å². The predicted octanol–water partition coefficient (Wildman–Crippen LogP) is 3.09. The second-order valence-electron chi connectivity index (χ2n) is 3.55. The minimum atomic E-state index is 0. The number of nitrogens with one attached hydrogen (secondary N) is 1. The van der Waals surface area contributed by atoms with Crippen molar-refractivity contribution in [1.82, 2.24) is 9.97 Å². The topological polar surface area (TPSA) is 103 Å². The number of hydrogen-bond donors (Lipinski definition) is 2. The number of aromatic amines is 1. The van der Waals surface area contributed by atoms with E-state index in [4.69, 9.17) is 17.7 Å². The number of H-pyrrole nitrogens is 1. The summed E-state index contributed by atoms with van der Waals surface area (Å²) in [4.78, 5) is 9.22. The fraction of sp³-hybridized carbons (Fsp3) is 0.154. The molecule has 0 amide bonds. The van der Waals surface area contributed by atoms with Crippen LogP contribution in [-0.4, -0.2) is 9.97 Å². The average Bonchev–Trinajstić information content (AvgIpc) is 2.84. The number of nitrogens with two attached hydrogens (primary N) is 1. The zero-order valence-corrected chi connectivity index (χ0v) is 11.5. The maximum Gasteiger partial charge on any atom is 0.197 e. The summed E-state index contributed by atoms with van der Waals surface area (Å²) in [5, 5.41) is 3.42. The first-order chi connectivity index (χ1) is 9.26. The minimum Gasteiger partial charge on any atom is -0.369 e. The number of aromatic nitrogens is 2. The van der Waals surface area contributed by atoms with Crippen molar-refractivity contribution in [3.8, 4) is 12.3 Å². The highest BCUT2D eigenvalue weighted by molar-refractivity contribution is 5.85. The molecule has 20 heavy (non-hydrogen) atoms. The number of hydrogen-bond acceptors (Lipinski definition) is 3. The van der Waals surface area contributed by atoms with Crippen LogP contribution in [0.3, 0.4) is 0 Å². The van der Waals surface area contributed by atoms with Gasteiger partial charge in [0.1, 0.15) is 0 Å². The highest BCUT2D eigenvalue weighted by Crippen LogP contribution is 1.99. The van der Waals surface area contributed by atoms with Crippen molar-refractivity contribution in [2.45, 2.75) is 13.0 Å².